The van der Waals surface area contributed by atoms with Crippen LogP contribution < -0.4 is 4.74 Å². The first-order valence-electron chi connectivity index (χ1n) is 9.38. The van der Waals surface area contributed by atoms with Gasteiger partial charge in [-0.1, -0.05) is 42.0 Å². The first-order valence-corrected chi connectivity index (χ1v) is 9.38. The molecule has 2 aromatic carbocycles. The van der Waals surface area contributed by atoms with E-state index in [1.54, 1.807) is 26.0 Å². The van der Waals surface area contributed by atoms with Crippen LogP contribution in [0.15, 0.2) is 54.1 Å². The minimum absolute atomic E-state index is 0.0649. The lowest BCUT2D eigenvalue weighted by atomic mass is 9.77. The number of hydrogen-bond acceptors (Lipinski definition) is 5. The van der Waals surface area contributed by atoms with Gasteiger partial charge >= 0.3 is 11.9 Å². The Bertz CT molecular complexity index is 877. The third kappa shape index (κ3) is 3.40. The summed E-state index contributed by atoms with van der Waals surface area (Å²) in [5, 5.41) is 0. The molecular formula is C23H24O5. The largest absolute Gasteiger partial charge is 0.489 e. The molecule has 5 nitrogen and oxygen atoms in total. The molecule has 0 aliphatic heterocycles. The topological polar surface area (TPSA) is 61.8 Å². The zero-order valence-corrected chi connectivity index (χ0v) is 16.4. The van der Waals surface area contributed by atoms with E-state index in [-0.39, 0.29) is 19.8 Å². The summed E-state index contributed by atoms with van der Waals surface area (Å²) in [6.07, 6.45) is 1.82. The number of carbonyl (C=O) groups is 2. The van der Waals surface area contributed by atoms with Crippen LogP contribution in [0.2, 0.25) is 0 Å². The Morgan fingerprint density at radius 1 is 0.893 bits per heavy atom. The number of esters is 2. The molecule has 3 rings (SSSR count). The average molecular weight is 380 g/mol. The Kier molecular flexibility index (Phi) is 5.83. The van der Waals surface area contributed by atoms with Gasteiger partial charge in [-0.3, -0.25) is 9.59 Å². The summed E-state index contributed by atoms with van der Waals surface area (Å²) in [4.78, 5) is 26.2. The van der Waals surface area contributed by atoms with Gasteiger partial charge in [0.05, 0.1) is 13.2 Å². The zero-order valence-electron chi connectivity index (χ0n) is 16.4. The van der Waals surface area contributed by atoms with E-state index in [4.69, 9.17) is 14.2 Å². The van der Waals surface area contributed by atoms with Crippen LogP contribution in [-0.2, 0) is 24.5 Å². The predicted molar refractivity (Wildman–Crippen MR) is 106 cm³/mol. The summed E-state index contributed by atoms with van der Waals surface area (Å²) in [7, 11) is 0. The van der Waals surface area contributed by atoms with Crippen LogP contribution in [0.5, 0.6) is 5.75 Å². The van der Waals surface area contributed by atoms with E-state index in [9.17, 15) is 9.59 Å². The van der Waals surface area contributed by atoms with Crippen LogP contribution in [0.3, 0.4) is 0 Å². The number of hydrogen-bond donors (Lipinski definition) is 0. The summed E-state index contributed by atoms with van der Waals surface area (Å²) in [6.45, 7) is 5.80. The lowest BCUT2D eigenvalue weighted by molar-refractivity contribution is -0.162. The molecule has 5 heteroatoms. The minimum atomic E-state index is -1.65. The predicted octanol–water partition coefficient (Wildman–Crippen LogP) is 3.84. The molecule has 0 spiro atoms. The van der Waals surface area contributed by atoms with Crippen molar-refractivity contribution in [2.75, 3.05) is 19.8 Å². The first kappa shape index (κ1) is 19.7. The van der Waals surface area contributed by atoms with Crippen molar-refractivity contribution >= 4 is 18.0 Å². The van der Waals surface area contributed by atoms with Crippen LogP contribution >= 0.6 is 0 Å². The van der Waals surface area contributed by atoms with E-state index in [2.05, 4.69) is 0 Å². The molecular weight excluding hydrogens is 356 g/mol. The Morgan fingerprint density at radius 3 is 2.11 bits per heavy atom. The van der Waals surface area contributed by atoms with E-state index in [0.717, 1.165) is 11.1 Å². The van der Waals surface area contributed by atoms with Crippen molar-refractivity contribution in [2.45, 2.75) is 26.2 Å². The maximum absolute atomic E-state index is 13.1. The second kappa shape index (κ2) is 8.30. The molecule has 28 heavy (non-hydrogen) atoms. The maximum atomic E-state index is 13.1. The maximum Gasteiger partial charge on any atom is 0.332 e. The van der Waals surface area contributed by atoms with E-state index in [0.29, 0.717) is 16.9 Å². The van der Waals surface area contributed by atoms with Crippen molar-refractivity contribution in [3.05, 3.63) is 70.8 Å². The lowest BCUT2D eigenvalue weighted by Crippen LogP contribution is -2.47. The average Bonchev–Trinajstić information content (AvgIpc) is 3.03. The third-order valence-electron chi connectivity index (χ3n) is 4.75. The monoisotopic (exact) mass is 380 g/mol. The van der Waals surface area contributed by atoms with Crippen molar-refractivity contribution in [3.8, 4) is 5.75 Å². The highest BCUT2D eigenvalue weighted by Gasteiger charge is 2.57. The fourth-order valence-electron chi connectivity index (χ4n) is 3.42. The number of fused-ring (bicyclic) bond motifs is 1. The highest BCUT2D eigenvalue weighted by molar-refractivity contribution is 6.13. The van der Waals surface area contributed by atoms with E-state index < -0.39 is 17.4 Å². The molecule has 0 heterocycles. The third-order valence-corrected chi connectivity index (χ3v) is 4.75. The standard InChI is InChI=1S/C23H24O5/c1-4-26-21(24)23(22(25)27-5-2)18(14-17-8-6-7-9-20(17)23)15-28-19-12-10-16(3)11-13-19/h6-14H,4-5,15H2,1-3H3. The SMILES string of the molecule is CCOC(=O)C1(C(=O)OCC)C(COc2ccc(C)cc2)=Cc2ccccc21. The summed E-state index contributed by atoms with van der Waals surface area (Å²) in [5.74, 6) is -0.626. The van der Waals surface area contributed by atoms with Crippen molar-refractivity contribution in [1.82, 2.24) is 0 Å². The molecule has 1 aliphatic carbocycles. The van der Waals surface area contributed by atoms with Crippen molar-refractivity contribution in [1.29, 1.82) is 0 Å². The van der Waals surface area contributed by atoms with Gasteiger partial charge in [0.1, 0.15) is 12.4 Å². The molecule has 0 saturated carbocycles. The fraction of sp³-hybridized carbons (Fsp3) is 0.304. The molecule has 146 valence electrons. The molecule has 0 amide bonds. The van der Waals surface area contributed by atoms with Gasteiger partial charge in [-0.15, -0.1) is 0 Å². The van der Waals surface area contributed by atoms with Crippen molar-refractivity contribution in [2.24, 2.45) is 0 Å². The molecule has 0 bridgehead atoms. The number of rotatable bonds is 7. The van der Waals surface area contributed by atoms with E-state index in [1.807, 2.05) is 49.4 Å². The molecule has 0 radical (unpaired) electrons. The van der Waals surface area contributed by atoms with Gasteiger partial charge in [-0.2, -0.15) is 0 Å². The van der Waals surface area contributed by atoms with Gasteiger partial charge in [-0.25, -0.2) is 0 Å². The van der Waals surface area contributed by atoms with Crippen LogP contribution in [0.25, 0.3) is 6.08 Å². The quantitative estimate of drug-likeness (QED) is 0.540. The zero-order chi connectivity index (χ0) is 20.1. The van der Waals surface area contributed by atoms with Gasteiger partial charge in [0.25, 0.3) is 0 Å². The van der Waals surface area contributed by atoms with E-state index >= 15 is 0 Å². The normalized spacial score (nSPS) is 14.0. The summed E-state index contributed by atoms with van der Waals surface area (Å²) < 4.78 is 16.5. The summed E-state index contributed by atoms with van der Waals surface area (Å²) in [6, 6.07) is 14.9. The van der Waals surface area contributed by atoms with Gasteiger partial charge in [0.15, 0.2) is 0 Å². The fourth-order valence-corrected chi connectivity index (χ4v) is 3.42. The van der Waals surface area contributed by atoms with Gasteiger partial charge in [-0.05, 0) is 50.1 Å². The van der Waals surface area contributed by atoms with Gasteiger partial charge in [0, 0.05) is 5.57 Å². The molecule has 0 unspecified atom stereocenters. The number of benzene rings is 2. The Balaban J connectivity index is 2.03. The highest BCUT2D eigenvalue weighted by Crippen LogP contribution is 2.44. The molecule has 1 aliphatic rings. The second-order valence-corrected chi connectivity index (χ2v) is 6.55. The number of ether oxygens (including phenoxy) is 3. The number of aryl methyl sites for hydroxylation is 1. The Morgan fingerprint density at radius 2 is 1.50 bits per heavy atom. The molecule has 0 N–H and O–H groups in total. The highest BCUT2D eigenvalue weighted by atomic mass is 16.6. The smallest absolute Gasteiger partial charge is 0.332 e. The van der Waals surface area contributed by atoms with Crippen LogP contribution in [0.4, 0.5) is 0 Å². The molecule has 2 aromatic rings. The van der Waals surface area contributed by atoms with Gasteiger partial charge < -0.3 is 14.2 Å². The second-order valence-electron chi connectivity index (χ2n) is 6.55. The number of carbonyl (C=O) groups excluding carboxylic acids is 2. The Hall–Kier alpha value is -3.08. The summed E-state index contributed by atoms with van der Waals surface area (Å²) >= 11 is 0. The molecule has 0 saturated heterocycles. The first-order chi connectivity index (χ1) is 13.5. The Labute approximate surface area is 164 Å². The van der Waals surface area contributed by atoms with Crippen LogP contribution in [-0.4, -0.2) is 31.8 Å². The molecule has 0 atom stereocenters. The van der Waals surface area contributed by atoms with Gasteiger partial charge in [0.2, 0.25) is 5.41 Å². The van der Waals surface area contributed by atoms with E-state index in [1.165, 1.54) is 0 Å². The molecule has 0 fully saturated rings. The van der Waals surface area contributed by atoms with Crippen LogP contribution in [0.1, 0.15) is 30.5 Å². The van der Waals surface area contributed by atoms with Crippen molar-refractivity contribution in [3.63, 3.8) is 0 Å². The van der Waals surface area contributed by atoms with Crippen molar-refractivity contribution < 1.29 is 23.8 Å². The van der Waals surface area contributed by atoms with Crippen LogP contribution in [0, 0.1) is 6.92 Å². The molecule has 0 aromatic heterocycles. The summed E-state index contributed by atoms with van der Waals surface area (Å²) in [5.41, 5.74) is 1.33. The minimum Gasteiger partial charge on any atom is -0.489 e. The lowest BCUT2D eigenvalue weighted by Gasteiger charge is -2.29.